The van der Waals surface area contributed by atoms with Crippen LogP contribution >= 0.6 is 0 Å². The van der Waals surface area contributed by atoms with Crippen LogP contribution in [0.15, 0.2) is 36.4 Å². The molecule has 0 radical (unpaired) electrons. The van der Waals surface area contributed by atoms with E-state index in [-0.39, 0.29) is 35.2 Å². The molecule has 4 nitrogen and oxygen atoms in total. The molecule has 0 amide bonds. The molecule has 0 saturated carbocycles. The van der Waals surface area contributed by atoms with E-state index in [2.05, 4.69) is 4.74 Å². The smallest absolute Gasteiger partial charge is 0.432 e. The van der Waals surface area contributed by atoms with Gasteiger partial charge in [-0.3, -0.25) is 0 Å². The Morgan fingerprint density at radius 3 is 1.70 bits per heavy atom. The molecule has 0 aromatic heterocycles. The van der Waals surface area contributed by atoms with E-state index in [0.717, 1.165) is 12.1 Å². The Morgan fingerprint density at radius 1 is 0.788 bits per heavy atom. The summed E-state index contributed by atoms with van der Waals surface area (Å²) in [4.78, 5) is 0. The minimum Gasteiger partial charge on any atom is -0.507 e. The number of aromatic hydroxyl groups is 2. The SMILES string of the molecule is CCC(O)c1c(O)cc(-c2cc(F)c(C(F)(F)Oc3cc(F)c(F)c(F)c3)c(F)c2)cc1O. The summed E-state index contributed by atoms with van der Waals surface area (Å²) in [5.74, 6) is -11.7. The Balaban J connectivity index is 2.01. The van der Waals surface area contributed by atoms with Crippen LogP contribution in [-0.4, -0.2) is 15.3 Å². The fourth-order valence-corrected chi connectivity index (χ4v) is 3.14. The number of benzene rings is 3. The molecule has 0 saturated heterocycles. The molecule has 3 aromatic carbocycles. The number of aliphatic hydroxyl groups excluding tert-OH is 1. The van der Waals surface area contributed by atoms with E-state index in [1.807, 2.05) is 0 Å². The zero-order chi connectivity index (χ0) is 24.7. The highest BCUT2D eigenvalue weighted by Gasteiger charge is 2.41. The normalized spacial score (nSPS) is 12.6. The molecule has 0 heterocycles. The van der Waals surface area contributed by atoms with Gasteiger partial charge in [0.15, 0.2) is 17.5 Å². The van der Waals surface area contributed by atoms with Crippen LogP contribution in [0.1, 0.15) is 30.6 Å². The van der Waals surface area contributed by atoms with Crippen molar-refractivity contribution >= 4 is 0 Å². The molecule has 176 valence electrons. The van der Waals surface area contributed by atoms with Crippen LogP contribution in [0.2, 0.25) is 0 Å². The van der Waals surface area contributed by atoms with Gasteiger partial charge in [-0.25, -0.2) is 22.0 Å². The number of hydrogen-bond donors (Lipinski definition) is 3. The third kappa shape index (κ3) is 4.68. The topological polar surface area (TPSA) is 69.9 Å². The summed E-state index contributed by atoms with van der Waals surface area (Å²) in [6.45, 7) is 1.57. The molecule has 3 N–H and O–H groups in total. The Labute approximate surface area is 182 Å². The van der Waals surface area contributed by atoms with Crippen LogP contribution in [0.4, 0.5) is 30.7 Å². The molecule has 0 fully saturated rings. The quantitative estimate of drug-likeness (QED) is 0.300. The lowest BCUT2D eigenvalue weighted by atomic mass is 9.97. The summed E-state index contributed by atoms with van der Waals surface area (Å²) in [5, 5.41) is 29.9. The van der Waals surface area contributed by atoms with E-state index in [4.69, 9.17) is 0 Å². The van der Waals surface area contributed by atoms with E-state index in [1.165, 1.54) is 0 Å². The molecule has 1 atom stereocenters. The first kappa shape index (κ1) is 24.2. The van der Waals surface area contributed by atoms with Crippen molar-refractivity contribution in [2.24, 2.45) is 0 Å². The van der Waals surface area contributed by atoms with E-state index in [1.54, 1.807) is 6.92 Å². The number of hydrogen-bond acceptors (Lipinski definition) is 4. The van der Waals surface area contributed by atoms with Gasteiger partial charge >= 0.3 is 6.11 Å². The lowest BCUT2D eigenvalue weighted by Crippen LogP contribution is -2.25. The maximum absolute atomic E-state index is 14.5. The second kappa shape index (κ2) is 8.81. The summed E-state index contributed by atoms with van der Waals surface area (Å²) < 4.78 is 101. The molecule has 0 spiro atoms. The van der Waals surface area contributed by atoms with Gasteiger partial charge in [-0.1, -0.05) is 6.92 Å². The van der Waals surface area contributed by atoms with Gasteiger partial charge < -0.3 is 20.1 Å². The van der Waals surface area contributed by atoms with Crippen molar-refractivity contribution in [3.05, 3.63) is 76.6 Å². The first-order valence-electron chi connectivity index (χ1n) is 9.30. The van der Waals surface area contributed by atoms with Crippen molar-refractivity contribution in [2.45, 2.75) is 25.6 Å². The third-order valence-corrected chi connectivity index (χ3v) is 4.73. The molecule has 33 heavy (non-hydrogen) atoms. The molecular weight excluding hydrogens is 461 g/mol. The van der Waals surface area contributed by atoms with E-state index >= 15 is 0 Å². The van der Waals surface area contributed by atoms with E-state index in [0.29, 0.717) is 12.1 Å². The molecule has 0 aliphatic heterocycles. The van der Waals surface area contributed by atoms with Crippen molar-refractivity contribution < 1.29 is 50.8 Å². The van der Waals surface area contributed by atoms with E-state index < -0.39 is 64.1 Å². The summed E-state index contributed by atoms with van der Waals surface area (Å²) in [6.07, 6.45) is -5.86. The number of alkyl halides is 2. The number of halogens is 7. The van der Waals surface area contributed by atoms with Crippen LogP contribution in [0, 0.1) is 29.1 Å². The predicted molar refractivity (Wildman–Crippen MR) is 101 cm³/mol. The Morgan fingerprint density at radius 2 is 1.24 bits per heavy atom. The van der Waals surface area contributed by atoms with Crippen molar-refractivity contribution in [1.82, 2.24) is 0 Å². The highest BCUT2D eigenvalue weighted by Crippen LogP contribution is 2.41. The van der Waals surface area contributed by atoms with Gasteiger partial charge in [0.2, 0.25) is 0 Å². The van der Waals surface area contributed by atoms with Gasteiger partial charge in [0.05, 0.1) is 11.7 Å². The minimum atomic E-state index is -4.76. The highest BCUT2D eigenvalue weighted by molar-refractivity contribution is 5.69. The maximum Gasteiger partial charge on any atom is 0.432 e. The van der Waals surface area contributed by atoms with Gasteiger partial charge in [0.1, 0.15) is 34.4 Å². The Bertz CT molecular complexity index is 1140. The zero-order valence-electron chi connectivity index (χ0n) is 16.6. The van der Waals surface area contributed by atoms with Crippen LogP contribution in [0.5, 0.6) is 17.2 Å². The van der Waals surface area contributed by atoms with Crippen LogP contribution < -0.4 is 4.74 Å². The largest absolute Gasteiger partial charge is 0.507 e. The number of aliphatic hydroxyl groups is 1. The highest BCUT2D eigenvalue weighted by atomic mass is 19.3. The van der Waals surface area contributed by atoms with Crippen molar-refractivity contribution in [3.63, 3.8) is 0 Å². The fraction of sp³-hybridized carbons (Fsp3) is 0.182. The van der Waals surface area contributed by atoms with Crippen molar-refractivity contribution in [3.8, 4) is 28.4 Å². The lowest BCUT2D eigenvalue weighted by Gasteiger charge is -2.20. The summed E-state index contributed by atoms with van der Waals surface area (Å²) in [6, 6.07) is 2.97. The van der Waals surface area contributed by atoms with Crippen molar-refractivity contribution in [1.29, 1.82) is 0 Å². The number of phenolic OH excluding ortho intramolecular Hbond substituents is 2. The van der Waals surface area contributed by atoms with Crippen LogP contribution in [0.3, 0.4) is 0 Å². The van der Waals surface area contributed by atoms with Crippen LogP contribution in [0.25, 0.3) is 11.1 Å². The molecule has 0 aliphatic carbocycles. The number of phenols is 2. The molecule has 1 unspecified atom stereocenters. The average Bonchev–Trinajstić information content (AvgIpc) is 2.70. The number of ether oxygens (including phenoxy) is 1. The predicted octanol–water partition coefficient (Wildman–Crippen LogP) is 6.03. The lowest BCUT2D eigenvalue weighted by molar-refractivity contribution is -0.189. The first-order valence-corrected chi connectivity index (χ1v) is 9.30. The average molecular weight is 476 g/mol. The van der Waals surface area contributed by atoms with Crippen molar-refractivity contribution in [2.75, 3.05) is 0 Å². The Kier molecular flexibility index (Phi) is 6.46. The van der Waals surface area contributed by atoms with E-state index in [9.17, 15) is 46.1 Å². The zero-order valence-corrected chi connectivity index (χ0v) is 16.6. The molecular formula is C22H15F7O4. The monoisotopic (exact) mass is 476 g/mol. The van der Waals surface area contributed by atoms with Gasteiger partial charge in [-0.05, 0) is 41.8 Å². The number of rotatable bonds is 6. The molecule has 11 heteroatoms. The van der Waals surface area contributed by atoms with Gasteiger partial charge in [-0.15, -0.1) is 0 Å². The molecule has 0 aliphatic rings. The Hall–Kier alpha value is -3.47. The summed E-state index contributed by atoms with van der Waals surface area (Å²) in [5.41, 5.74) is -2.67. The van der Waals surface area contributed by atoms with Crippen LogP contribution in [-0.2, 0) is 6.11 Å². The maximum atomic E-state index is 14.5. The minimum absolute atomic E-state index is 0.0777. The van der Waals surface area contributed by atoms with Gasteiger partial charge in [0.25, 0.3) is 0 Å². The second-order valence-corrected chi connectivity index (χ2v) is 6.99. The molecule has 3 aromatic rings. The second-order valence-electron chi connectivity index (χ2n) is 6.99. The molecule has 3 rings (SSSR count). The third-order valence-electron chi connectivity index (χ3n) is 4.73. The van der Waals surface area contributed by atoms with Gasteiger partial charge in [-0.2, -0.15) is 8.78 Å². The fourth-order valence-electron chi connectivity index (χ4n) is 3.14. The standard InChI is InChI=1S/C22H15F7O4/c1-2-16(30)19-17(31)5-10(6-18(19)32)9-3-12(23)20(13(24)4-9)22(28,29)33-11-7-14(25)21(27)15(26)8-11/h3-8,16,30-32H,2H2,1H3. The summed E-state index contributed by atoms with van der Waals surface area (Å²) in [7, 11) is 0. The first-order chi connectivity index (χ1) is 15.4. The molecule has 0 bridgehead atoms. The van der Waals surface area contributed by atoms with Gasteiger partial charge in [0, 0.05) is 12.1 Å². The summed E-state index contributed by atoms with van der Waals surface area (Å²) >= 11 is 0.